The van der Waals surface area contributed by atoms with E-state index in [1.54, 1.807) is 7.11 Å². The minimum Gasteiger partial charge on any atom is -0.497 e. The van der Waals surface area contributed by atoms with Crippen LogP contribution in [0.5, 0.6) is 5.75 Å². The Kier molecular flexibility index (Phi) is 5.27. The lowest BCUT2D eigenvalue weighted by atomic mass is 9.99. The summed E-state index contributed by atoms with van der Waals surface area (Å²) >= 11 is 1.88. The largest absolute Gasteiger partial charge is 0.497 e. The molecule has 122 valence electrons. The van der Waals surface area contributed by atoms with E-state index in [4.69, 9.17) is 4.74 Å². The number of ether oxygens (including phenoxy) is 1. The number of rotatable bonds is 5. The molecule has 0 aromatic heterocycles. The smallest absolute Gasteiger partial charge is 0.118 e. The first-order valence-corrected chi connectivity index (χ1v) is 9.08. The van der Waals surface area contributed by atoms with Crippen molar-refractivity contribution in [1.82, 2.24) is 0 Å². The highest BCUT2D eigenvalue weighted by Crippen LogP contribution is 2.31. The van der Waals surface area contributed by atoms with Crippen molar-refractivity contribution in [1.29, 1.82) is 0 Å². The summed E-state index contributed by atoms with van der Waals surface area (Å²) in [4.78, 5) is 1.31. The average Bonchev–Trinajstić information content (AvgIpc) is 2.61. The molecular weight excluding hydrogens is 312 g/mol. The molecule has 3 aromatic rings. The Morgan fingerprint density at radius 3 is 2.12 bits per heavy atom. The molecule has 0 aliphatic rings. The lowest BCUT2D eigenvalue weighted by Crippen LogP contribution is -1.90. The van der Waals surface area contributed by atoms with Gasteiger partial charge in [0.2, 0.25) is 0 Å². The summed E-state index contributed by atoms with van der Waals surface area (Å²) in [5.41, 5.74) is 6.49. The summed E-state index contributed by atoms with van der Waals surface area (Å²) in [6, 6.07) is 23.7. The van der Waals surface area contributed by atoms with Crippen molar-refractivity contribution in [2.24, 2.45) is 0 Å². The van der Waals surface area contributed by atoms with Crippen molar-refractivity contribution in [2.45, 2.75) is 24.5 Å². The third-order valence-electron chi connectivity index (χ3n) is 4.08. The predicted octanol–water partition coefficient (Wildman–Crippen LogP) is 6.27. The first kappa shape index (κ1) is 16.7. The molecular formula is C22H22OS. The van der Waals surface area contributed by atoms with Crippen LogP contribution in [0.3, 0.4) is 0 Å². The molecule has 0 heterocycles. The molecule has 0 saturated carbocycles. The molecule has 0 aliphatic heterocycles. The van der Waals surface area contributed by atoms with Gasteiger partial charge in [-0.3, -0.25) is 0 Å². The van der Waals surface area contributed by atoms with E-state index in [-0.39, 0.29) is 0 Å². The van der Waals surface area contributed by atoms with Gasteiger partial charge >= 0.3 is 0 Å². The summed E-state index contributed by atoms with van der Waals surface area (Å²) in [6.07, 6.45) is 0. The number of hydrogen-bond donors (Lipinski definition) is 0. The highest BCUT2D eigenvalue weighted by atomic mass is 32.2. The molecule has 0 saturated heterocycles. The molecule has 2 heteroatoms. The number of hydrogen-bond acceptors (Lipinski definition) is 2. The van der Waals surface area contributed by atoms with Crippen LogP contribution in [0.2, 0.25) is 0 Å². The fourth-order valence-electron chi connectivity index (χ4n) is 2.69. The second kappa shape index (κ2) is 7.59. The van der Waals surface area contributed by atoms with E-state index >= 15 is 0 Å². The van der Waals surface area contributed by atoms with Gasteiger partial charge in [-0.2, -0.15) is 0 Å². The molecule has 0 N–H and O–H groups in total. The van der Waals surface area contributed by atoms with Gasteiger partial charge in [0.1, 0.15) is 5.75 Å². The molecule has 0 bridgehead atoms. The second-order valence-electron chi connectivity index (χ2n) is 5.99. The van der Waals surface area contributed by atoms with Crippen molar-refractivity contribution >= 4 is 11.8 Å². The third kappa shape index (κ3) is 4.01. The molecule has 0 radical (unpaired) electrons. The van der Waals surface area contributed by atoms with Crippen molar-refractivity contribution in [3.05, 3.63) is 83.4 Å². The normalized spacial score (nSPS) is 10.6. The maximum atomic E-state index is 5.27. The van der Waals surface area contributed by atoms with E-state index in [0.717, 1.165) is 11.5 Å². The van der Waals surface area contributed by atoms with E-state index in [9.17, 15) is 0 Å². The van der Waals surface area contributed by atoms with E-state index in [1.807, 2.05) is 23.9 Å². The van der Waals surface area contributed by atoms with Gasteiger partial charge in [-0.15, -0.1) is 11.8 Å². The minimum atomic E-state index is 0.890. The van der Waals surface area contributed by atoms with Crippen molar-refractivity contribution in [3.63, 3.8) is 0 Å². The number of methoxy groups -OCH3 is 1. The quantitative estimate of drug-likeness (QED) is 0.508. The molecule has 3 rings (SSSR count). The summed E-state index contributed by atoms with van der Waals surface area (Å²) in [7, 11) is 1.70. The molecule has 24 heavy (non-hydrogen) atoms. The van der Waals surface area contributed by atoms with Crippen LogP contribution >= 0.6 is 11.8 Å². The van der Waals surface area contributed by atoms with Crippen LogP contribution in [0.1, 0.15) is 16.7 Å². The SMILES string of the molecule is COc1ccc(-c2ccc(C)cc2CSc2ccc(C)cc2)cc1. The molecule has 0 aliphatic carbocycles. The zero-order valence-corrected chi connectivity index (χ0v) is 15.2. The van der Waals surface area contributed by atoms with Crippen LogP contribution < -0.4 is 4.74 Å². The molecule has 0 atom stereocenters. The predicted molar refractivity (Wildman–Crippen MR) is 104 cm³/mol. The molecule has 1 nitrogen and oxygen atoms in total. The molecule has 0 spiro atoms. The van der Waals surface area contributed by atoms with Crippen molar-refractivity contribution < 1.29 is 4.74 Å². The number of benzene rings is 3. The zero-order chi connectivity index (χ0) is 16.9. The Morgan fingerprint density at radius 2 is 1.46 bits per heavy atom. The van der Waals surface area contributed by atoms with E-state index in [0.29, 0.717) is 0 Å². The van der Waals surface area contributed by atoms with Gasteiger partial charge in [0.25, 0.3) is 0 Å². The van der Waals surface area contributed by atoms with Gasteiger partial charge in [-0.25, -0.2) is 0 Å². The van der Waals surface area contributed by atoms with Gasteiger partial charge in [0.15, 0.2) is 0 Å². The number of thioether (sulfide) groups is 1. The molecule has 0 unspecified atom stereocenters. The second-order valence-corrected chi connectivity index (χ2v) is 7.04. The lowest BCUT2D eigenvalue weighted by molar-refractivity contribution is 0.415. The summed E-state index contributed by atoms with van der Waals surface area (Å²) < 4.78 is 5.27. The van der Waals surface area contributed by atoms with Crippen LogP contribution in [0.4, 0.5) is 0 Å². The fraction of sp³-hybridized carbons (Fsp3) is 0.182. The fourth-order valence-corrected chi connectivity index (χ4v) is 3.58. The maximum Gasteiger partial charge on any atom is 0.118 e. The maximum absolute atomic E-state index is 5.27. The standard InChI is InChI=1S/C22H22OS/c1-16-4-11-21(12-5-16)24-15-19-14-17(2)6-13-22(19)18-7-9-20(23-3)10-8-18/h4-14H,15H2,1-3H3. The topological polar surface area (TPSA) is 9.23 Å². The molecule has 0 amide bonds. The highest BCUT2D eigenvalue weighted by molar-refractivity contribution is 7.98. The third-order valence-corrected chi connectivity index (χ3v) is 5.14. The van der Waals surface area contributed by atoms with E-state index in [1.165, 1.54) is 32.7 Å². The van der Waals surface area contributed by atoms with Crippen molar-refractivity contribution in [2.75, 3.05) is 7.11 Å². The van der Waals surface area contributed by atoms with Crippen LogP contribution in [0, 0.1) is 13.8 Å². The first-order valence-electron chi connectivity index (χ1n) is 8.09. The zero-order valence-electron chi connectivity index (χ0n) is 14.4. The summed E-state index contributed by atoms with van der Waals surface area (Å²) in [5.74, 6) is 1.85. The van der Waals surface area contributed by atoms with Gasteiger partial charge < -0.3 is 4.74 Å². The minimum absolute atomic E-state index is 0.890. The first-order chi connectivity index (χ1) is 11.7. The Labute approximate surface area is 148 Å². The Bertz CT molecular complexity index is 804. The van der Waals surface area contributed by atoms with Crippen LogP contribution in [0.25, 0.3) is 11.1 Å². The van der Waals surface area contributed by atoms with Gasteiger partial charge in [-0.05, 0) is 54.8 Å². The average molecular weight is 334 g/mol. The van der Waals surface area contributed by atoms with E-state index in [2.05, 4.69) is 68.4 Å². The van der Waals surface area contributed by atoms with Crippen LogP contribution in [-0.2, 0) is 5.75 Å². The van der Waals surface area contributed by atoms with E-state index < -0.39 is 0 Å². The van der Waals surface area contributed by atoms with Gasteiger partial charge in [0.05, 0.1) is 7.11 Å². The monoisotopic (exact) mass is 334 g/mol. The summed E-state index contributed by atoms with van der Waals surface area (Å²) in [5, 5.41) is 0. The Hall–Kier alpha value is -2.19. The van der Waals surface area contributed by atoms with Crippen LogP contribution in [-0.4, -0.2) is 7.11 Å². The Morgan fingerprint density at radius 1 is 0.792 bits per heavy atom. The van der Waals surface area contributed by atoms with Crippen LogP contribution in [0.15, 0.2) is 71.6 Å². The van der Waals surface area contributed by atoms with Gasteiger partial charge in [-0.1, -0.05) is 53.6 Å². The molecule has 3 aromatic carbocycles. The Balaban J connectivity index is 1.86. The molecule has 0 fully saturated rings. The van der Waals surface area contributed by atoms with Gasteiger partial charge in [0, 0.05) is 10.6 Å². The van der Waals surface area contributed by atoms with Crippen molar-refractivity contribution in [3.8, 4) is 16.9 Å². The summed E-state index contributed by atoms with van der Waals surface area (Å²) in [6.45, 7) is 4.27. The highest BCUT2D eigenvalue weighted by Gasteiger charge is 2.07. The lowest BCUT2D eigenvalue weighted by Gasteiger charge is -2.12. The number of aryl methyl sites for hydroxylation is 2.